The highest BCUT2D eigenvalue weighted by molar-refractivity contribution is 7.22. The number of nitrogens with zero attached hydrogens (tertiary/aromatic N) is 4. The Labute approximate surface area is 183 Å². The van der Waals surface area contributed by atoms with Gasteiger partial charge in [0.25, 0.3) is 5.56 Å². The highest BCUT2D eigenvalue weighted by Gasteiger charge is 2.24. The van der Waals surface area contributed by atoms with Gasteiger partial charge in [-0.1, -0.05) is 41.7 Å². The van der Waals surface area contributed by atoms with Crippen LogP contribution in [0, 0.1) is 6.92 Å². The first kappa shape index (κ1) is 19.7. The van der Waals surface area contributed by atoms with Gasteiger partial charge in [0.1, 0.15) is 6.54 Å². The van der Waals surface area contributed by atoms with E-state index < -0.39 is 0 Å². The molecule has 8 heteroatoms. The molecule has 31 heavy (non-hydrogen) atoms. The molecule has 2 aromatic carbocycles. The smallest absolute Gasteiger partial charge is 0.275 e. The number of para-hydroxylation sites is 1. The van der Waals surface area contributed by atoms with E-state index >= 15 is 0 Å². The van der Waals surface area contributed by atoms with Gasteiger partial charge in [0, 0.05) is 24.5 Å². The number of hydrogen-bond acceptors (Lipinski definition) is 6. The number of rotatable bonds is 4. The minimum absolute atomic E-state index is 0.0190. The number of aryl methyl sites for hydroxylation is 1. The maximum Gasteiger partial charge on any atom is 0.275 e. The zero-order valence-electron chi connectivity index (χ0n) is 17.2. The molecule has 0 unspecified atom stereocenters. The molecule has 5 rings (SSSR count). The average molecular weight is 434 g/mol. The number of nitrogens with one attached hydrogen (secondary N) is 1. The summed E-state index contributed by atoms with van der Waals surface area (Å²) in [5, 5.41) is 9.83. The van der Waals surface area contributed by atoms with Crippen molar-refractivity contribution in [1.82, 2.24) is 20.1 Å². The van der Waals surface area contributed by atoms with Crippen LogP contribution in [-0.2, 0) is 11.3 Å². The first-order valence-corrected chi connectivity index (χ1v) is 11.3. The van der Waals surface area contributed by atoms with Gasteiger partial charge in [0.15, 0.2) is 5.13 Å². The Morgan fingerprint density at radius 2 is 1.94 bits per heavy atom. The SMILES string of the molecule is Cc1nn(CC(=O)N[C@@H]2CCCN(c3nc4ccccc4s3)C2)c(=O)c2ccccc12. The summed E-state index contributed by atoms with van der Waals surface area (Å²) in [6.45, 7) is 3.41. The molecule has 7 nitrogen and oxygen atoms in total. The Morgan fingerprint density at radius 3 is 2.77 bits per heavy atom. The normalized spacial score (nSPS) is 16.7. The van der Waals surface area contributed by atoms with Gasteiger partial charge in [-0.25, -0.2) is 9.67 Å². The zero-order chi connectivity index (χ0) is 21.4. The molecule has 1 N–H and O–H groups in total. The van der Waals surface area contributed by atoms with Gasteiger partial charge in [-0.2, -0.15) is 5.10 Å². The van der Waals surface area contributed by atoms with E-state index in [2.05, 4.69) is 21.4 Å². The molecular weight excluding hydrogens is 410 g/mol. The van der Waals surface area contributed by atoms with E-state index in [4.69, 9.17) is 4.98 Å². The number of fused-ring (bicyclic) bond motifs is 2. The zero-order valence-corrected chi connectivity index (χ0v) is 18.1. The van der Waals surface area contributed by atoms with Crippen molar-refractivity contribution in [2.75, 3.05) is 18.0 Å². The fourth-order valence-corrected chi connectivity index (χ4v) is 5.19. The average Bonchev–Trinajstić information content (AvgIpc) is 3.22. The van der Waals surface area contributed by atoms with Crippen LogP contribution in [0.3, 0.4) is 0 Å². The van der Waals surface area contributed by atoms with Crippen molar-refractivity contribution in [2.45, 2.75) is 32.4 Å². The van der Waals surface area contributed by atoms with Crippen LogP contribution < -0.4 is 15.8 Å². The quantitative estimate of drug-likeness (QED) is 0.535. The van der Waals surface area contributed by atoms with Crippen molar-refractivity contribution >= 4 is 43.4 Å². The lowest BCUT2D eigenvalue weighted by Gasteiger charge is -2.32. The van der Waals surface area contributed by atoms with E-state index in [0.29, 0.717) is 11.9 Å². The van der Waals surface area contributed by atoms with Gasteiger partial charge >= 0.3 is 0 Å². The molecule has 0 spiro atoms. The Hall–Kier alpha value is -3.26. The molecular formula is C23H23N5O2S. The monoisotopic (exact) mass is 433 g/mol. The molecule has 1 aliphatic heterocycles. The number of carbonyl (C=O) groups is 1. The molecule has 1 atom stereocenters. The van der Waals surface area contributed by atoms with Crippen molar-refractivity contribution in [3.05, 3.63) is 64.6 Å². The number of piperidine rings is 1. The number of hydrogen-bond donors (Lipinski definition) is 1. The fourth-order valence-electron chi connectivity index (χ4n) is 4.19. The summed E-state index contributed by atoms with van der Waals surface area (Å²) in [4.78, 5) is 32.4. The lowest BCUT2D eigenvalue weighted by atomic mass is 10.1. The molecule has 1 aliphatic rings. The van der Waals surface area contributed by atoms with Crippen LogP contribution in [0.1, 0.15) is 18.5 Å². The van der Waals surface area contributed by atoms with Crippen LogP contribution >= 0.6 is 11.3 Å². The van der Waals surface area contributed by atoms with E-state index in [0.717, 1.165) is 41.1 Å². The molecule has 1 amide bonds. The maximum absolute atomic E-state index is 12.7. The van der Waals surface area contributed by atoms with Gasteiger partial charge < -0.3 is 10.2 Å². The summed E-state index contributed by atoms with van der Waals surface area (Å²) in [5.41, 5.74) is 1.50. The van der Waals surface area contributed by atoms with Crippen LogP contribution in [0.2, 0.25) is 0 Å². The van der Waals surface area contributed by atoms with Crippen molar-refractivity contribution in [3.63, 3.8) is 0 Å². The minimum Gasteiger partial charge on any atom is -0.350 e. The van der Waals surface area contributed by atoms with Crippen molar-refractivity contribution in [3.8, 4) is 0 Å². The molecule has 1 fully saturated rings. The van der Waals surface area contributed by atoms with Crippen LogP contribution in [0.4, 0.5) is 5.13 Å². The Bertz CT molecular complexity index is 1300. The Morgan fingerprint density at radius 1 is 1.16 bits per heavy atom. The van der Waals surface area contributed by atoms with E-state index in [1.807, 2.05) is 43.3 Å². The second-order valence-corrected chi connectivity index (χ2v) is 8.92. The predicted molar refractivity (Wildman–Crippen MR) is 124 cm³/mol. The first-order valence-electron chi connectivity index (χ1n) is 10.4. The third-order valence-electron chi connectivity index (χ3n) is 5.69. The number of amides is 1. The fraction of sp³-hybridized carbons (Fsp3) is 0.304. The van der Waals surface area contributed by atoms with Gasteiger partial charge in [0.2, 0.25) is 5.91 Å². The Kier molecular flexibility index (Phi) is 5.15. The van der Waals surface area contributed by atoms with Crippen molar-refractivity contribution in [1.29, 1.82) is 0 Å². The summed E-state index contributed by atoms with van der Waals surface area (Å²) in [7, 11) is 0. The maximum atomic E-state index is 12.7. The van der Waals surface area contributed by atoms with E-state index in [1.54, 1.807) is 17.4 Å². The summed E-state index contributed by atoms with van der Waals surface area (Å²) >= 11 is 1.68. The number of aromatic nitrogens is 3. The van der Waals surface area contributed by atoms with Crippen molar-refractivity contribution in [2.24, 2.45) is 0 Å². The summed E-state index contributed by atoms with van der Waals surface area (Å²) in [6, 6.07) is 15.5. The summed E-state index contributed by atoms with van der Waals surface area (Å²) in [5.74, 6) is -0.194. The van der Waals surface area contributed by atoms with Gasteiger partial charge in [-0.05, 0) is 38.0 Å². The Balaban J connectivity index is 1.29. The van der Waals surface area contributed by atoms with Crippen LogP contribution in [0.15, 0.2) is 53.3 Å². The third kappa shape index (κ3) is 3.90. The topological polar surface area (TPSA) is 80.1 Å². The van der Waals surface area contributed by atoms with Crippen LogP contribution in [0.5, 0.6) is 0 Å². The molecule has 158 valence electrons. The summed E-state index contributed by atoms with van der Waals surface area (Å²) in [6.07, 6.45) is 1.89. The number of anilines is 1. The van der Waals surface area contributed by atoms with Gasteiger partial charge in [-0.15, -0.1) is 0 Å². The van der Waals surface area contributed by atoms with Gasteiger partial charge in [0.05, 0.1) is 21.3 Å². The molecule has 0 bridgehead atoms. The highest BCUT2D eigenvalue weighted by Crippen LogP contribution is 2.30. The van der Waals surface area contributed by atoms with Crippen LogP contribution in [0.25, 0.3) is 21.0 Å². The minimum atomic E-state index is -0.240. The first-order chi connectivity index (χ1) is 15.1. The molecule has 3 heterocycles. The number of carbonyl (C=O) groups excluding carboxylic acids is 1. The van der Waals surface area contributed by atoms with E-state index in [1.165, 1.54) is 9.38 Å². The second-order valence-electron chi connectivity index (χ2n) is 7.91. The molecule has 2 aromatic heterocycles. The van der Waals surface area contributed by atoms with Gasteiger partial charge in [-0.3, -0.25) is 9.59 Å². The standard InChI is InChI=1S/C23H23N5O2S/c1-15-17-8-2-3-9-18(17)22(30)28(26-15)14-21(29)24-16-7-6-12-27(13-16)23-25-19-10-4-5-11-20(19)31-23/h2-5,8-11,16H,6-7,12-14H2,1H3,(H,24,29)/t16-/m1/s1. The highest BCUT2D eigenvalue weighted by atomic mass is 32.1. The number of benzene rings is 2. The second kappa shape index (κ2) is 8.11. The predicted octanol–water partition coefficient (Wildman–Crippen LogP) is 3.10. The summed E-state index contributed by atoms with van der Waals surface area (Å²) < 4.78 is 2.43. The largest absolute Gasteiger partial charge is 0.350 e. The third-order valence-corrected chi connectivity index (χ3v) is 6.78. The lowest BCUT2D eigenvalue weighted by Crippen LogP contribution is -2.49. The number of thiazole rings is 1. The molecule has 4 aromatic rings. The van der Waals surface area contributed by atoms with Crippen molar-refractivity contribution < 1.29 is 4.79 Å². The van der Waals surface area contributed by atoms with Crippen LogP contribution in [-0.4, -0.2) is 39.8 Å². The molecule has 1 saturated heterocycles. The van der Waals surface area contributed by atoms with E-state index in [-0.39, 0.29) is 24.1 Å². The molecule has 0 aliphatic carbocycles. The van der Waals surface area contributed by atoms with E-state index in [9.17, 15) is 9.59 Å². The molecule has 0 saturated carbocycles. The lowest BCUT2D eigenvalue weighted by molar-refractivity contribution is -0.122. The molecule has 0 radical (unpaired) electrons.